The molecule has 5 heavy (non-hydrogen) atoms. The maximum absolute atomic E-state index is 7.74. The van der Waals surface area contributed by atoms with E-state index in [0.29, 0.717) is 0 Å². The predicted octanol–water partition coefficient (Wildman–Crippen LogP) is -1.36. The molecule has 31 valence electrons. The van der Waals surface area contributed by atoms with E-state index in [4.69, 9.17) is 10.2 Å². The Balaban J connectivity index is 2.54. The molecule has 0 spiro atoms. The minimum atomic E-state index is -1.48. The molecule has 0 bridgehead atoms. The molecule has 0 unspecified atom stereocenters. The molecular formula is C2H6NO2. The average Bonchev–Trinajstić information content (AvgIpc) is 1.38. The van der Waals surface area contributed by atoms with Gasteiger partial charge in [-0.25, -0.2) is 0 Å². The van der Waals surface area contributed by atoms with Crippen molar-refractivity contribution in [3.63, 3.8) is 0 Å². The van der Waals surface area contributed by atoms with Crippen LogP contribution in [0.2, 0.25) is 0 Å². The molecule has 0 rings (SSSR count). The molecule has 3 N–H and O–H groups in total. The molecule has 0 saturated carbocycles. The van der Waals surface area contributed by atoms with Gasteiger partial charge in [-0.05, 0) is 0 Å². The van der Waals surface area contributed by atoms with Crippen LogP contribution in [-0.4, -0.2) is 16.6 Å². The van der Waals surface area contributed by atoms with Crippen LogP contribution in [0.15, 0.2) is 0 Å². The van der Waals surface area contributed by atoms with Crippen LogP contribution < -0.4 is 5.32 Å². The number of aliphatic hydroxyl groups excluding tert-OH is 1. The number of hydrogen-bond donors (Lipinski definition) is 3. The van der Waals surface area contributed by atoms with Gasteiger partial charge in [0, 0.05) is 7.05 Å². The normalized spacial score (nSPS) is 9.60. The molecule has 0 aromatic heterocycles. The fourth-order valence-corrected chi connectivity index (χ4v) is 0. The summed E-state index contributed by atoms with van der Waals surface area (Å²) in [6, 6.07) is 0. The monoisotopic (exact) mass is 76.0 g/mol. The smallest absolute Gasteiger partial charge is 0.211 e. The molecule has 0 aliphatic heterocycles. The number of hydrogen-bond acceptors (Lipinski definition) is 3. The molecule has 0 amide bonds. The third kappa shape index (κ3) is 3.88. The van der Waals surface area contributed by atoms with Gasteiger partial charge in [0.05, 0.1) is 0 Å². The molecule has 1 radical (unpaired) electrons. The Hall–Kier alpha value is -0.120. The van der Waals surface area contributed by atoms with Crippen molar-refractivity contribution >= 4 is 0 Å². The molecular weight excluding hydrogens is 70.0 g/mol. The van der Waals surface area contributed by atoms with E-state index in [1.807, 2.05) is 5.32 Å². The van der Waals surface area contributed by atoms with Crippen LogP contribution in [0.3, 0.4) is 0 Å². The van der Waals surface area contributed by atoms with Crippen LogP contribution in [0, 0.1) is 7.05 Å². The largest absolute Gasteiger partial charge is 0.356 e. The molecule has 0 aromatic carbocycles. The van der Waals surface area contributed by atoms with Crippen molar-refractivity contribution in [2.24, 2.45) is 0 Å². The lowest BCUT2D eigenvalue weighted by atomic mass is 11.1. The zero-order valence-electron chi connectivity index (χ0n) is 2.68. The van der Waals surface area contributed by atoms with Crippen molar-refractivity contribution < 1.29 is 10.2 Å². The molecule has 0 aliphatic rings. The van der Waals surface area contributed by atoms with Crippen molar-refractivity contribution in [3.05, 3.63) is 7.05 Å². The quantitative estimate of drug-likeness (QED) is 0.338. The molecule has 3 heteroatoms. The summed E-state index contributed by atoms with van der Waals surface area (Å²) in [5, 5.41) is 17.4. The second-order valence-corrected chi connectivity index (χ2v) is 0.578. The van der Waals surface area contributed by atoms with Gasteiger partial charge in [-0.3, -0.25) is 5.32 Å². The fraction of sp³-hybridized carbons (Fsp3) is 0.500. The summed E-state index contributed by atoms with van der Waals surface area (Å²) in [7, 11) is 2.94. The standard InChI is InChI=1S/C2H6NO2/c1-3-2(4)5/h2-5H,1H2. The van der Waals surface area contributed by atoms with Crippen molar-refractivity contribution in [1.82, 2.24) is 5.32 Å². The van der Waals surface area contributed by atoms with Gasteiger partial charge in [-0.1, -0.05) is 0 Å². The van der Waals surface area contributed by atoms with E-state index in [9.17, 15) is 0 Å². The topological polar surface area (TPSA) is 52.5 Å². The minimum absolute atomic E-state index is 1.48. The highest BCUT2D eigenvalue weighted by Crippen LogP contribution is 1.54. The first-order chi connectivity index (χ1) is 2.27. The Morgan fingerprint density at radius 3 is 1.80 bits per heavy atom. The first kappa shape index (κ1) is 4.88. The van der Waals surface area contributed by atoms with Crippen molar-refractivity contribution in [2.45, 2.75) is 6.41 Å². The number of aliphatic hydroxyl groups is 2. The molecule has 3 nitrogen and oxygen atoms in total. The Morgan fingerprint density at radius 2 is 1.80 bits per heavy atom. The number of rotatable bonds is 1. The summed E-state index contributed by atoms with van der Waals surface area (Å²) in [5.74, 6) is 0. The van der Waals surface area contributed by atoms with Gasteiger partial charge in [-0.15, -0.1) is 0 Å². The van der Waals surface area contributed by atoms with Gasteiger partial charge in [0.25, 0.3) is 0 Å². The van der Waals surface area contributed by atoms with Crippen LogP contribution in [0.25, 0.3) is 0 Å². The Bertz CT molecular complexity index is 21.6. The van der Waals surface area contributed by atoms with E-state index < -0.39 is 6.41 Å². The molecule has 0 aliphatic carbocycles. The van der Waals surface area contributed by atoms with E-state index in [1.54, 1.807) is 0 Å². The van der Waals surface area contributed by atoms with Gasteiger partial charge >= 0.3 is 0 Å². The fourth-order valence-electron chi connectivity index (χ4n) is 0. The van der Waals surface area contributed by atoms with Crippen molar-refractivity contribution in [1.29, 1.82) is 0 Å². The van der Waals surface area contributed by atoms with Crippen LogP contribution in [0.1, 0.15) is 0 Å². The lowest BCUT2D eigenvalue weighted by Crippen LogP contribution is -2.20. The lowest BCUT2D eigenvalue weighted by Gasteiger charge is -1.93. The molecule has 0 saturated heterocycles. The second kappa shape index (κ2) is 2.14. The second-order valence-electron chi connectivity index (χ2n) is 0.578. The summed E-state index contributed by atoms with van der Waals surface area (Å²) in [4.78, 5) is 0. The van der Waals surface area contributed by atoms with E-state index in [0.717, 1.165) is 0 Å². The van der Waals surface area contributed by atoms with Gasteiger partial charge in [0.1, 0.15) is 0 Å². The molecule has 0 heterocycles. The third-order valence-electron chi connectivity index (χ3n) is 0.183. The third-order valence-corrected chi connectivity index (χ3v) is 0.183. The minimum Gasteiger partial charge on any atom is -0.356 e. The highest BCUT2D eigenvalue weighted by molar-refractivity contribution is 4.25. The van der Waals surface area contributed by atoms with E-state index in [-0.39, 0.29) is 0 Å². The summed E-state index contributed by atoms with van der Waals surface area (Å²) in [6.45, 7) is 0. The highest BCUT2D eigenvalue weighted by atomic mass is 16.5. The molecule has 0 fully saturated rings. The van der Waals surface area contributed by atoms with Gasteiger partial charge in [0.2, 0.25) is 6.41 Å². The zero-order valence-corrected chi connectivity index (χ0v) is 2.68. The van der Waals surface area contributed by atoms with Crippen molar-refractivity contribution in [3.8, 4) is 0 Å². The van der Waals surface area contributed by atoms with E-state index in [1.165, 1.54) is 0 Å². The SMILES string of the molecule is [CH2]NC(O)O. The maximum atomic E-state index is 7.74. The molecule has 0 atom stereocenters. The maximum Gasteiger partial charge on any atom is 0.211 e. The first-order valence-electron chi connectivity index (χ1n) is 1.16. The van der Waals surface area contributed by atoms with Crippen LogP contribution in [0.4, 0.5) is 0 Å². The van der Waals surface area contributed by atoms with Gasteiger partial charge in [-0.2, -0.15) is 0 Å². The highest BCUT2D eigenvalue weighted by Gasteiger charge is 1.80. The number of nitrogens with one attached hydrogen (secondary N) is 1. The Kier molecular flexibility index (Phi) is 2.09. The summed E-state index contributed by atoms with van der Waals surface area (Å²) in [6.07, 6.45) is -1.48. The first-order valence-corrected chi connectivity index (χ1v) is 1.16. The van der Waals surface area contributed by atoms with Gasteiger partial charge < -0.3 is 10.2 Å². The van der Waals surface area contributed by atoms with Crippen LogP contribution >= 0.6 is 0 Å². The Labute approximate surface area is 30.2 Å². The predicted molar refractivity (Wildman–Crippen MR) is 16.7 cm³/mol. The molecule has 0 aromatic rings. The van der Waals surface area contributed by atoms with E-state index in [2.05, 4.69) is 7.05 Å². The summed E-state index contributed by atoms with van der Waals surface area (Å²) >= 11 is 0. The van der Waals surface area contributed by atoms with Crippen LogP contribution in [-0.2, 0) is 0 Å². The lowest BCUT2D eigenvalue weighted by molar-refractivity contribution is -0.0562. The van der Waals surface area contributed by atoms with Gasteiger partial charge in [0.15, 0.2) is 0 Å². The van der Waals surface area contributed by atoms with Crippen LogP contribution in [0.5, 0.6) is 0 Å². The zero-order chi connectivity index (χ0) is 4.28. The average molecular weight is 76.1 g/mol. The summed E-state index contributed by atoms with van der Waals surface area (Å²) in [5.41, 5.74) is 0. The Morgan fingerprint density at radius 1 is 1.60 bits per heavy atom. The van der Waals surface area contributed by atoms with Crippen molar-refractivity contribution in [2.75, 3.05) is 0 Å². The van der Waals surface area contributed by atoms with E-state index >= 15 is 0 Å². The summed E-state index contributed by atoms with van der Waals surface area (Å²) < 4.78 is 0.